The molecule has 2 aromatic carbocycles. The molecule has 0 spiro atoms. The van der Waals surface area contributed by atoms with Gasteiger partial charge in [-0.15, -0.1) is 11.3 Å². The van der Waals surface area contributed by atoms with E-state index in [1.54, 1.807) is 17.0 Å². The third-order valence-corrected chi connectivity index (χ3v) is 8.64. The third kappa shape index (κ3) is 6.73. The first-order valence-corrected chi connectivity index (χ1v) is 14.8. The summed E-state index contributed by atoms with van der Waals surface area (Å²) in [6.45, 7) is 5.89. The topological polar surface area (TPSA) is 105 Å². The number of benzene rings is 2. The molecular formula is C32H36N2O6S. The van der Waals surface area contributed by atoms with E-state index in [1.807, 2.05) is 45.0 Å². The van der Waals surface area contributed by atoms with Gasteiger partial charge in [-0.2, -0.15) is 0 Å². The number of fused-ring (bicyclic) bond motifs is 3. The number of alkyl carbamates (subject to hydrolysis) is 1. The Morgan fingerprint density at radius 1 is 0.976 bits per heavy atom. The lowest BCUT2D eigenvalue weighted by atomic mass is 9.90. The highest BCUT2D eigenvalue weighted by Crippen LogP contribution is 2.44. The molecule has 1 fully saturated rings. The van der Waals surface area contributed by atoms with Gasteiger partial charge < -0.3 is 24.8 Å². The fraction of sp³-hybridized carbons (Fsp3) is 0.406. The van der Waals surface area contributed by atoms with Gasteiger partial charge in [0, 0.05) is 22.9 Å². The standard InChI is InChI=1S/C32H36N2O6S/c1-32(2,3)40-30(37)33-20-9-8-10-21(17-20)34(18-22-15-16-28(41-22)29(35)36)31(38)39-19-27-25-13-6-4-11-23(25)24-12-5-7-14-26(24)27/h4-7,11-16,20-21,27H,8-10,17-19H2,1-3H3,(H,33,37)(H,35,36)/t20-,21-/m0/s1. The molecule has 0 bridgehead atoms. The number of nitrogens with zero attached hydrogens (tertiary/aromatic N) is 1. The van der Waals surface area contributed by atoms with Crippen molar-refractivity contribution in [3.05, 3.63) is 81.5 Å². The first-order chi connectivity index (χ1) is 19.6. The average Bonchev–Trinajstić information content (AvgIpc) is 3.52. The molecule has 2 atom stereocenters. The van der Waals surface area contributed by atoms with Crippen LogP contribution in [0.5, 0.6) is 0 Å². The van der Waals surface area contributed by atoms with E-state index in [0.29, 0.717) is 6.42 Å². The van der Waals surface area contributed by atoms with Gasteiger partial charge in [0.05, 0.1) is 6.54 Å². The molecule has 2 N–H and O–H groups in total. The second-order valence-electron chi connectivity index (χ2n) is 11.7. The molecule has 1 saturated carbocycles. The quantitative estimate of drug-likeness (QED) is 0.313. The molecule has 0 radical (unpaired) electrons. The molecule has 1 aromatic heterocycles. The minimum absolute atomic E-state index is 0.0681. The van der Waals surface area contributed by atoms with Crippen molar-refractivity contribution < 1.29 is 29.0 Å². The van der Waals surface area contributed by atoms with E-state index in [1.165, 1.54) is 0 Å². The van der Waals surface area contributed by atoms with Crippen LogP contribution in [0, 0.1) is 0 Å². The third-order valence-electron chi connectivity index (χ3n) is 7.58. The molecule has 8 nitrogen and oxygen atoms in total. The Kier molecular flexibility index (Phi) is 8.35. The monoisotopic (exact) mass is 576 g/mol. The van der Waals surface area contributed by atoms with E-state index in [2.05, 4.69) is 29.6 Å². The fourth-order valence-electron chi connectivity index (χ4n) is 5.82. The maximum absolute atomic E-state index is 13.8. The predicted octanol–water partition coefficient (Wildman–Crippen LogP) is 7.03. The van der Waals surface area contributed by atoms with Gasteiger partial charge in [-0.25, -0.2) is 14.4 Å². The molecule has 0 saturated heterocycles. The zero-order chi connectivity index (χ0) is 29.1. The maximum atomic E-state index is 13.8. The number of hydrogen-bond acceptors (Lipinski definition) is 6. The molecule has 0 aliphatic heterocycles. The van der Waals surface area contributed by atoms with Crippen LogP contribution in [-0.4, -0.2) is 52.5 Å². The van der Waals surface area contributed by atoms with Crippen LogP contribution in [0.1, 0.15) is 78.0 Å². The van der Waals surface area contributed by atoms with Crippen LogP contribution in [0.3, 0.4) is 0 Å². The van der Waals surface area contributed by atoms with E-state index in [-0.39, 0.29) is 36.0 Å². The highest BCUT2D eigenvalue weighted by atomic mass is 32.1. The molecule has 216 valence electrons. The number of thiophene rings is 1. The summed E-state index contributed by atoms with van der Waals surface area (Å²) in [5.74, 6) is -1.06. The number of carboxylic acids is 1. The summed E-state index contributed by atoms with van der Waals surface area (Å²) in [6.07, 6.45) is 2.01. The summed E-state index contributed by atoms with van der Waals surface area (Å²) in [4.78, 5) is 40.4. The highest BCUT2D eigenvalue weighted by Gasteiger charge is 2.34. The van der Waals surface area contributed by atoms with Crippen molar-refractivity contribution in [2.24, 2.45) is 0 Å². The van der Waals surface area contributed by atoms with Crippen molar-refractivity contribution in [2.45, 2.75) is 76.6 Å². The van der Waals surface area contributed by atoms with Gasteiger partial charge in [-0.1, -0.05) is 48.5 Å². The Morgan fingerprint density at radius 2 is 1.63 bits per heavy atom. The number of amides is 2. The predicted molar refractivity (Wildman–Crippen MR) is 157 cm³/mol. The highest BCUT2D eigenvalue weighted by molar-refractivity contribution is 7.13. The molecule has 3 aromatic rings. The van der Waals surface area contributed by atoms with Gasteiger partial charge in [0.2, 0.25) is 0 Å². The maximum Gasteiger partial charge on any atom is 0.410 e. The number of rotatable bonds is 7. The van der Waals surface area contributed by atoms with Crippen molar-refractivity contribution in [2.75, 3.05) is 6.61 Å². The summed E-state index contributed by atoms with van der Waals surface area (Å²) in [5.41, 5.74) is 3.98. The Balaban J connectivity index is 1.33. The zero-order valence-electron chi connectivity index (χ0n) is 23.6. The number of ether oxygens (including phenoxy) is 2. The smallest absolute Gasteiger partial charge is 0.410 e. The van der Waals surface area contributed by atoms with Crippen LogP contribution in [-0.2, 0) is 16.0 Å². The number of aromatic carboxylic acids is 1. The minimum atomic E-state index is -0.992. The van der Waals surface area contributed by atoms with Crippen LogP contribution in [0.4, 0.5) is 9.59 Å². The van der Waals surface area contributed by atoms with E-state index in [0.717, 1.165) is 57.7 Å². The second-order valence-corrected chi connectivity index (χ2v) is 12.8. The average molecular weight is 577 g/mol. The lowest BCUT2D eigenvalue weighted by molar-refractivity contribution is 0.0450. The van der Waals surface area contributed by atoms with Crippen LogP contribution >= 0.6 is 11.3 Å². The van der Waals surface area contributed by atoms with E-state index < -0.39 is 23.8 Å². The molecule has 1 heterocycles. The number of carbonyl (C=O) groups is 3. The summed E-state index contributed by atoms with van der Waals surface area (Å²) in [7, 11) is 0. The van der Waals surface area contributed by atoms with Gasteiger partial charge in [-0.05, 0) is 80.8 Å². The Morgan fingerprint density at radius 3 is 2.24 bits per heavy atom. The SMILES string of the molecule is CC(C)(C)OC(=O)N[C@H]1CCC[C@H](N(Cc2ccc(C(=O)O)s2)C(=O)OCC2c3ccccc3-c3ccccc32)C1. The van der Waals surface area contributed by atoms with Crippen molar-refractivity contribution in [3.63, 3.8) is 0 Å². The molecule has 2 amide bonds. The summed E-state index contributed by atoms with van der Waals surface area (Å²) in [6, 6.07) is 19.4. The molecule has 41 heavy (non-hydrogen) atoms. The molecule has 2 aliphatic rings. The number of carbonyl (C=O) groups excluding carboxylic acids is 2. The summed E-state index contributed by atoms with van der Waals surface area (Å²) < 4.78 is 11.5. The number of nitrogens with one attached hydrogen (secondary N) is 1. The molecular weight excluding hydrogens is 540 g/mol. The fourth-order valence-corrected chi connectivity index (χ4v) is 6.66. The lowest BCUT2D eigenvalue weighted by Crippen LogP contribution is -2.48. The Labute approximate surface area is 244 Å². The van der Waals surface area contributed by atoms with E-state index in [9.17, 15) is 19.5 Å². The zero-order valence-corrected chi connectivity index (χ0v) is 24.4. The van der Waals surface area contributed by atoms with Crippen LogP contribution in [0.2, 0.25) is 0 Å². The summed E-state index contributed by atoms with van der Waals surface area (Å²) >= 11 is 1.15. The van der Waals surface area contributed by atoms with E-state index >= 15 is 0 Å². The summed E-state index contributed by atoms with van der Waals surface area (Å²) in [5, 5.41) is 12.4. The Bertz CT molecular complexity index is 1380. The van der Waals surface area contributed by atoms with Gasteiger partial charge in [0.25, 0.3) is 0 Å². The van der Waals surface area contributed by atoms with Gasteiger partial charge in [0.15, 0.2) is 0 Å². The van der Waals surface area contributed by atoms with Gasteiger partial charge >= 0.3 is 18.2 Å². The van der Waals surface area contributed by atoms with Gasteiger partial charge in [-0.3, -0.25) is 0 Å². The molecule has 9 heteroatoms. The Hall–Kier alpha value is -3.85. The van der Waals surface area contributed by atoms with Crippen molar-refractivity contribution in [3.8, 4) is 11.1 Å². The lowest BCUT2D eigenvalue weighted by Gasteiger charge is -2.37. The largest absolute Gasteiger partial charge is 0.477 e. The first kappa shape index (κ1) is 28.7. The molecule has 2 aliphatic carbocycles. The number of hydrogen-bond donors (Lipinski definition) is 2. The minimum Gasteiger partial charge on any atom is -0.477 e. The van der Waals surface area contributed by atoms with Crippen molar-refractivity contribution in [1.82, 2.24) is 10.2 Å². The van der Waals surface area contributed by atoms with Crippen LogP contribution in [0.25, 0.3) is 11.1 Å². The first-order valence-electron chi connectivity index (χ1n) is 14.0. The van der Waals surface area contributed by atoms with Crippen molar-refractivity contribution in [1.29, 1.82) is 0 Å². The molecule has 5 rings (SSSR count). The van der Waals surface area contributed by atoms with Crippen LogP contribution in [0.15, 0.2) is 60.7 Å². The van der Waals surface area contributed by atoms with Crippen molar-refractivity contribution >= 4 is 29.5 Å². The van der Waals surface area contributed by atoms with Gasteiger partial charge in [0.1, 0.15) is 17.1 Å². The number of carboxylic acid groups (broad SMARTS) is 1. The second kappa shape index (κ2) is 11.9. The molecule has 0 unspecified atom stereocenters. The van der Waals surface area contributed by atoms with Crippen LogP contribution < -0.4 is 5.32 Å². The normalized spacial score (nSPS) is 18.2. The van der Waals surface area contributed by atoms with E-state index in [4.69, 9.17) is 9.47 Å².